The summed E-state index contributed by atoms with van der Waals surface area (Å²) in [4.78, 5) is 0. The molecule has 0 radical (unpaired) electrons. The van der Waals surface area contributed by atoms with Gasteiger partial charge in [-0.15, -0.1) is 5.10 Å². The molecule has 4 nitrogen and oxygen atoms in total. The molecule has 18 heavy (non-hydrogen) atoms. The predicted octanol–water partition coefficient (Wildman–Crippen LogP) is 2.22. The second-order valence-corrected chi connectivity index (χ2v) is 4.96. The normalized spacial score (nSPS) is 12.7. The van der Waals surface area contributed by atoms with Gasteiger partial charge in [-0.1, -0.05) is 11.3 Å². The first kappa shape index (κ1) is 13.2. The van der Waals surface area contributed by atoms with Crippen LogP contribution in [0.1, 0.15) is 17.3 Å². The van der Waals surface area contributed by atoms with Crippen molar-refractivity contribution in [2.24, 2.45) is 7.05 Å². The molecule has 0 bridgehead atoms. The van der Waals surface area contributed by atoms with Crippen molar-refractivity contribution in [2.45, 2.75) is 12.5 Å². The molecule has 1 atom stereocenters. The van der Waals surface area contributed by atoms with Crippen LogP contribution in [0.3, 0.4) is 0 Å². The number of nitrogens with one attached hydrogen (secondary N) is 1. The molecule has 1 aromatic carbocycles. The highest BCUT2D eigenvalue weighted by Crippen LogP contribution is 2.23. The summed E-state index contributed by atoms with van der Waals surface area (Å²) < 4.78 is 15.3. The van der Waals surface area contributed by atoms with Gasteiger partial charge in [-0.2, -0.15) is 0 Å². The summed E-state index contributed by atoms with van der Waals surface area (Å²) in [7, 11) is 3.71. The highest BCUT2D eigenvalue weighted by atomic mass is 79.9. The summed E-state index contributed by atoms with van der Waals surface area (Å²) in [6.07, 6.45) is 2.59. The number of likely N-dealkylation sites (N-methyl/N-ethyl adjacent to an activating group) is 1. The molecular weight excluding hydrogens is 299 g/mol. The maximum atomic E-state index is 13.2. The average molecular weight is 313 g/mol. The molecule has 0 saturated carbocycles. The summed E-state index contributed by atoms with van der Waals surface area (Å²) in [6.45, 7) is 0. The predicted molar refractivity (Wildman–Crippen MR) is 70.6 cm³/mol. The fourth-order valence-corrected chi connectivity index (χ4v) is 2.21. The van der Waals surface area contributed by atoms with E-state index in [4.69, 9.17) is 0 Å². The Kier molecular flexibility index (Phi) is 4.08. The third kappa shape index (κ3) is 2.94. The molecule has 2 aromatic rings. The smallest absolute Gasteiger partial charge is 0.137 e. The number of hydrogen-bond donors (Lipinski definition) is 1. The Labute approximate surface area is 113 Å². The van der Waals surface area contributed by atoms with Gasteiger partial charge in [0, 0.05) is 25.7 Å². The van der Waals surface area contributed by atoms with Gasteiger partial charge in [0.15, 0.2) is 0 Å². The number of aryl methyl sites for hydroxylation is 1. The van der Waals surface area contributed by atoms with Gasteiger partial charge in [0.25, 0.3) is 0 Å². The second kappa shape index (κ2) is 5.58. The van der Waals surface area contributed by atoms with E-state index in [1.165, 1.54) is 6.07 Å². The number of rotatable bonds is 4. The van der Waals surface area contributed by atoms with Crippen LogP contribution in [0.2, 0.25) is 0 Å². The zero-order valence-corrected chi connectivity index (χ0v) is 11.8. The third-order valence-corrected chi connectivity index (χ3v) is 3.37. The van der Waals surface area contributed by atoms with Crippen LogP contribution < -0.4 is 5.32 Å². The van der Waals surface area contributed by atoms with Crippen molar-refractivity contribution in [1.82, 2.24) is 20.3 Å². The molecule has 0 aliphatic rings. The summed E-state index contributed by atoms with van der Waals surface area (Å²) in [6, 6.07) is 5.10. The number of hydrogen-bond acceptors (Lipinski definition) is 3. The summed E-state index contributed by atoms with van der Waals surface area (Å²) in [5.41, 5.74) is 1.91. The van der Waals surface area contributed by atoms with Gasteiger partial charge < -0.3 is 5.32 Å². The molecule has 0 amide bonds. The van der Waals surface area contributed by atoms with Crippen molar-refractivity contribution in [1.29, 1.82) is 0 Å². The first-order chi connectivity index (χ1) is 8.60. The second-order valence-electron chi connectivity index (χ2n) is 4.10. The van der Waals surface area contributed by atoms with E-state index in [1.54, 1.807) is 16.8 Å². The van der Waals surface area contributed by atoms with Crippen LogP contribution in [0.5, 0.6) is 0 Å². The molecule has 0 spiro atoms. The van der Waals surface area contributed by atoms with Crippen molar-refractivity contribution in [3.63, 3.8) is 0 Å². The van der Waals surface area contributed by atoms with Crippen LogP contribution in [0.25, 0.3) is 0 Å². The molecule has 0 aliphatic carbocycles. The Hall–Kier alpha value is -1.27. The van der Waals surface area contributed by atoms with Crippen molar-refractivity contribution >= 4 is 15.9 Å². The average Bonchev–Trinajstić information content (AvgIpc) is 2.75. The molecule has 6 heteroatoms. The van der Waals surface area contributed by atoms with Crippen molar-refractivity contribution in [3.8, 4) is 0 Å². The first-order valence-electron chi connectivity index (χ1n) is 5.57. The van der Waals surface area contributed by atoms with Crippen molar-refractivity contribution < 1.29 is 4.39 Å². The number of nitrogens with zero attached hydrogens (tertiary/aromatic N) is 3. The fraction of sp³-hybridized carbons (Fsp3) is 0.333. The van der Waals surface area contributed by atoms with Crippen LogP contribution in [0.15, 0.2) is 28.9 Å². The summed E-state index contributed by atoms with van der Waals surface area (Å²) in [5, 5.41) is 11.2. The Bertz CT molecular complexity index is 541. The van der Waals surface area contributed by atoms with Crippen LogP contribution >= 0.6 is 15.9 Å². The molecule has 1 heterocycles. The Morgan fingerprint density at radius 3 is 2.83 bits per heavy atom. The lowest BCUT2D eigenvalue weighted by Gasteiger charge is -2.15. The van der Waals surface area contributed by atoms with E-state index in [1.807, 2.05) is 20.3 Å². The lowest BCUT2D eigenvalue weighted by atomic mass is 10.0. The highest BCUT2D eigenvalue weighted by molar-refractivity contribution is 9.10. The lowest BCUT2D eigenvalue weighted by Crippen LogP contribution is -2.19. The van der Waals surface area contributed by atoms with Gasteiger partial charge in [-0.05, 0) is 40.7 Å². The number of aromatic nitrogens is 3. The molecule has 0 saturated heterocycles. The van der Waals surface area contributed by atoms with Crippen molar-refractivity contribution in [2.75, 3.05) is 7.05 Å². The molecular formula is C12H14BrFN4. The third-order valence-electron chi connectivity index (χ3n) is 2.76. The Balaban J connectivity index is 2.19. The quantitative estimate of drug-likeness (QED) is 0.941. The topological polar surface area (TPSA) is 42.7 Å². The minimum Gasteiger partial charge on any atom is -0.313 e. The van der Waals surface area contributed by atoms with Crippen molar-refractivity contribution in [3.05, 3.63) is 45.9 Å². The van der Waals surface area contributed by atoms with E-state index >= 15 is 0 Å². The van der Waals surface area contributed by atoms with Gasteiger partial charge in [0.1, 0.15) is 5.82 Å². The highest BCUT2D eigenvalue weighted by Gasteiger charge is 2.13. The molecule has 2 rings (SSSR count). The zero-order chi connectivity index (χ0) is 13.1. The van der Waals surface area contributed by atoms with E-state index in [2.05, 4.69) is 31.6 Å². The number of halogens is 2. The number of benzene rings is 1. The largest absolute Gasteiger partial charge is 0.313 e. The molecule has 0 fully saturated rings. The first-order valence-corrected chi connectivity index (χ1v) is 6.37. The van der Waals surface area contributed by atoms with Gasteiger partial charge in [-0.25, -0.2) is 4.39 Å². The summed E-state index contributed by atoms with van der Waals surface area (Å²) >= 11 is 3.20. The van der Waals surface area contributed by atoms with Gasteiger partial charge in [0.05, 0.1) is 10.2 Å². The van der Waals surface area contributed by atoms with E-state index in [9.17, 15) is 4.39 Å². The van der Waals surface area contributed by atoms with Gasteiger partial charge >= 0.3 is 0 Å². The van der Waals surface area contributed by atoms with Crippen LogP contribution in [-0.4, -0.2) is 22.0 Å². The minimum absolute atomic E-state index is 0.0820. The SMILES string of the molecule is CNC(Cc1cn(C)nn1)c1ccc(F)c(Br)c1. The molecule has 0 aliphatic heterocycles. The van der Waals surface area contributed by atoms with Gasteiger partial charge in [-0.3, -0.25) is 4.68 Å². The Morgan fingerprint density at radius 1 is 1.50 bits per heavy atom. The lowest BCUT2D eigenvalue weighted by molar-refractivity contribution is 0.577. The maximum absolute atomic E-state index is 13.2. The standard InChI is InChI=1S/C12H14BrFN4/c1-15-12(6-9-7-18(2)17-16-9)8-3-4-11(14)10(13)5-8/h3-5,7,12,15H,6H2,1-2H3. The fourth-order valence-electron chi connectivity index (χ4n) is 1.81. The van der Waals surface area contributed by atoms with E-state index in [0.717, 1.165) is 11.3 Å². The monoisotopic (exact) mass is 312 g/mol. The molecule has 1 aromatic heterocycles. The van der Waals surface area contributed by atoms with E-state index in [-0.39, 0.29) is 11.9 Å². The summed E-state index contributed by atoms with van der Waals surface area (Å²) in [5.74, 6) is -0.256. The van der Waals surface area contributed by atoms with Crippen LogP contribution in [0.4, 0.5) is 4.39 Å². The maximum Gasteiger partial charge on any atom is 0.137 e. The zero-order valence-electron chi connectivity index (χ0n) is 10.2. The van der Waals surface area contributed by atoms with E-state index in [0.29, 0.717) is 10.9 Å². The van der Waals surface area contributed by atoms with Crippen LogP contribution in [0, 0.1) is 5.82 Å². The minimum atomic E-state index is -0.256. The van der Waals surface area contributed by atoms with Crippen LogP contribution in [-0.2, 0) is 13.5 Å². The molecule has 1 unspecified atom stereocenters. The Morgan fingerprint density at radius 2 is 2.28 bits per heavy atom. The van der Waals surface area contributed by atoms with Gasteiger partial charge in [0.2, 0.25) is 0 Å². The molecule has 96 valence electrons. The molecule has 1 N–H and O–H groups in total. The van der Waals surface area contributed by atoms with E-state index < -0.39 is 0 Å².